The van der Waals surface area contributed by atoms with E-state index in [-0.39, 0.29) is 12.6 Å². The predicted molar refractivity (Wildman–Crippen MR) is 72.0 cm³/mol. The quantitative estimate of drug-likeness (QED) is 0.792. The van der Waals surface area contributed by atoms with E-state index in [0.29, 0.717) is 16.8 Å². The van der Waals surface area contributed by atoms with Crippen LogP contribution in [0.5, 0.6) is 0 Å². The Morgan fingerprint density at radius 3 is 2.48 bits per heavy atom. The van der Waals surface area contributed by atoms with Gasteiger partial charge in [0.05, 0.1) is 11.6 Å². The van der Waals surface area contributed by atoms with Crippen molar-refractivity contribution in [2.75, 3.05) is 0 Å². The van der Waals surface area contributed by atoms with Crippen LogP contribution in [0, 0.1) is 11.6 Å². The summed E-state index contributed by atoms with van der Waals surface area (Å²) in [6, 6.07) is 2.25. The molecule has 1 atom stereocenters. The lowest BCUT2D eigenvalue weighted by molar-refractivity contribution is -0.118. The molecule has 3 N–H and O–H groups in total. The van der Waals surface area contributed by atoms with E-state index >= 15 is 0 Å². The van der Waals surface area contributed by atoms with Gasteiger partial charge in [-0.3, -0.25) is 4.79 Å². The number of hydrogen-bond donors (Lipinski definition) is 3. The van der Waals surface area contributed by atoms with Gasteiger partial charge in [-0.1, -0.05) is 0 Å². The van der Waals surface area contributed by atoms with Crippen LogP contribution >= 0.6 is 0 Å². The summed E-state index contributed by atoms with van der Waals surface area (Å²) in [6.07, 6.45) is 0. The van der Waals surface area contributed by atoms with Crippen molar-refractivity contribution in [2.24, 2.45) is 0 Å². The Labute approximate surface area is 120 Å². The van der Waals surface area contributed by atoms with Crippen LogP contribution in [-0.4, -0.2) is 18.0 Å². The third-order valence-corrected chi connectivity index (χ3v) is 3.11. The summed E-state index contributed by atoms with van der Waals surface area (Å²) in [7, 11) is 0. The van der Waals surface area contributed by atoms with E-state index in [4.69, 9.17) is 0 Å². The minimum Gasteiger partial charge on any atom is -0.348 e. The van der Waals surface area contributed by atoms with E-state index in [1.807, 2.05) is 0 Å². The molecule has 0 saturated heterocycles. The number of nitrogens with one attached hydrogen (secondary N) is 3. The lowest BCUT2D eigenvalue weighted by Crippen LogP contribution is -2.50. The maximum absolute atomic E-state index is 13.1. The Bertz CT molecular complexity index is 608. The van der Waals surface area contributed by atoms with Gasteiger partial charge < -0.3 is 16.0 Å². The molecule has 1 heterocycles. The van der Waals surface area contributed by atoms with Gasteiger partial charge in [-0.15, -0.1) is 0 Å². The second-order valence-electron chi connectivity index (χ2n) is 4.82. The minimum atomic E-state index is -0.699. The highest BCUT2D eigenvalue weighted by atomic mass is 19.1. The molecule has 2 rings (SSSR count). The molecule has 0 saturated carbocycles. The molecule has 1 aliphatic heterocycles. The summed E-state index contributed by atoms with van der Waals surface area (Å²) >= 11 is 0. The van der Waals surface area contributed by atoms with Crippen LogP contribution in [-0.2, 0) is 11.3 Å². The van der Waals surface area contributed by atoms with Gasteiger partial charge in [0.15, 0.2) is 0 Å². The third kappa shape index (κ3) is 3.56. The summed E-state index contributed by atoms with van der Waals surface area (Å²) < 4.78 is 26.1. The molecule has 0 aromatic heterocycles. The summed E-state index contributed by atoms with van der Waals surface area (Å²) in [5.41, 5.74) is 1.15. The van der Waals surface area contributed by atoms with E-state index in [9.17, 15) is 18.4 Å². The third-order valence-electron chi connectivity index (χ3n) is 3.11. The van der Waals surface area contributed by atoms with Crippen LogP contribution < -0.4 is 16.0 Å². The monoisotopic (exact) mass is 295 g/mol. The number of carbonyl (C=O) groups is 2. The minimum absolute atomic E-state index is 0.00897. The van der Waals surface area contributed by atoms with E-state index < -0.39 is 23.6 Å². The zero-order valence-corrected chi connectivity index (χ0v) is 11.6. The SMILES string of the molecule is CC1=C(C(=O)NCc2cc(F)cc(F)c2)[C@@H](C)NC(=O)N1. The van der Waals surface area contributed by atoms with Crippen LogP contribution in [0.25, 0.3) is 0 Å². The van der Waals surface area contributed by atoms with Gasteiger partial charge in [-0.25, -0.2) is 13.6 Å². The normalized spacial score (nSPS) is 18.1. The number of urea groups is 1. The van der Waals surface area contributed by atoms with E-state index in [0.717, 1.165) is 18.2 Å². The molecule has 0 bridgehead atoms. The molecule has 0 fully saturated rings. The molecule has 21 heavy (non-hydrogen) atoms. The van der Waals surface area contributed by atoms with Crippen molar-refractivity contribution in [3.63, 3.8) is 0 Å². The Balaban J connectivity index is 2.08. The van der Waals surface area contributed by atoms with Crippen LogP contribution in [0.2, 0.25) is 0 Å². The smallest absolute Gasteiger partial charge is 0.319 e. The molecule has 1 aromatic carbocycles. The van der Waals surface area contributed by atoms with Crippen molar-refractivity contribution < 1.29 is 18.4 Å². The van der Waals surface area contributed by atoms with Crippen LogP contribution in [0.15, 0.2) is 29.5 Å². The number of hydrogen-bond acceptors (Lipinski definition) is 2. The van der Waals surface area contributed by atoms with Crippen molar-refractivity contribution >= 4 is 11.9 Å². The summed E-state index contributed by atoms with van der Waals surface area (Å²) in [6.45, 7) is 3.29. The molecule has 0 radical (unpaired) electrons. The van der Waals surface area contributed by atoms with E-state index in [1.165, 1.54) is 0 Å². The maximum Gasteiger partial charge on any atom is 0.319 e. The van der Waals surface area contributed by atoms with Crippen molar-refractivity contribution in [3.8, 4) is 0 Å². The summed E-state index contributed by atoms with van der Waals surface area (Å²) in [5.74, 6) is -1.80. The average molecular weight is 295 g/mol. The second-order valence-corrected chi connectivity index (χ2v) is 4.82. The summed E-state index contributed by atoms with van der Waals surface area (Å²) in [5, 5.41) is 7.65. The highest BCUT2D eigenvalue weighted by Crippen LogP contribution is 2.13. The predicted octanol–water partition coefficient (Wildman–Crippen LogP) is 1.56. The molecule has 0 aliphatic carbocycles. The molecule has 0 unspecified atom stereocenters. The molecule has 1 aliphatic rings. The highest BCUT2D eigenvalue weighted by molar-refractivity contribution is 5.98. The number of amides is 3. The number of halogens is 2. The van der Waals surface area contributed by atoms with Gasteiger partial charge in [-0.2, -0.15) is 0 Å². The number of rotatable bonds is 3. The number of benzene rings is 1. The fraction of sp³-hybridized carbons (Fsp3) is 0.286. The van der Waals surface area contributed by atoms with Crippen LogP contribution in [0.1, 0.15) is 19.4 Å². The van der Waals surface area contributed by atoms with Gasteiger partial charge in [0, 0.05) is 18.3 Å². The average Bonchev–Trinajstić information content (AvgIpc) is 2.34. The first-order chi connectivity index (χ1) is 9.86. The van der Waals surface area contributed by atoms with Gasteiger partial charge in [0.1, 0.15) is 11.6 Å². The molecule has 0 spiro atoms. The largest absolute Gasteiger partial charge is 0.348 e. The van der Waals surface area contributed by atoms with E-state index in [1.54, 1.807) is 13.8 Å². The highest BCUT2D eigenvalue weighted by Gasteiger charge is 2.26. The van der Waals surface area contributed by atoms with Gasteiger partial charge in [-0.05, 0) is 31.5 Å². The Kier molecular flexibility index (Phi) is 4.21. The Morgan fingerprint density at radius 2 is 1.90 bits per heavy atom. The zero-order valence-electron chi connectivity index (χ0n) is 11.6. The first-order valence-electron chi connectivity index (χ1n) is 6.38. The molecule has 3 amide bonds. The lowest BCUT2D eigenvalue weighted by atomic mass is 10.0. The topological polar surface area (TPSA) is 70.2 Å². The van der Waals surface area contributed by atoms with Crippen LogP contribution in [0.4, 0.5) is 13.6 Å². The fourth-order valence-corrected chi connectivity index (χ4v) is 2.22. The van der Waals surface area contributed by atoms with Crippen LogP contribution in [0.3, 0.4) is 0 Å². The van der Waals surface area contributed by atoms with Crippen molar-refractivity contribution in [3.05, 3.63) is 46.7 Å². The second kappa shape index (κ2) is 5.90. The number of carbonyl (C=O) groups excluding carboxylic acids is 2. The molecule has 7 heteroatoms. The summed E-state index contributed by atoms with van der Waals surface area (Å²) in [4.78, 5) is 23.4. The Hall–Kier alpha value is -2.44. The first kappa shape index (κ1) is 15.0. The molecule has 112 valence electrons. The maximum atomic E-state index is 13.1. The molecule has 1 aromatic rings. The van der Waals surface area contributed by atoms with Crippen molar-refractivity contribution in [1.82, 2.24) is 16.0 Å². The van der Waals surface area contributed by atoms with Gasteiger partial charge >= 0.3 is 6.03 Å². The molecule has 5 nitrogen and oxygen atoms in total. The lowest BCUT2D eigenvalue weighted by Gasteiger charge is -2.25. The van der Waals surface area contributed by atoms with Gasteiger partial charge in [0.25, 0.3) is 5.91 Å². The Morgan fingerprint density at radius 1 is 1.29 bits per heavy atom. The molecular weight excluding hydrogens is 280 g/mol. The fourth-order valence-electron chi connectivity index (χ4n) is 2.22. The van der Waals surface area contributed by atoms with Gasteiger partial charge in [0.2, 0.25) is 0 Å². The van der Waals surface area contributed by atoms with Crippen molar-refractivity contribution in [1.29, 1.82) is 0 Å². The molecular formula is C14H15F2N3O2. The first-order valence-corrected chi connectivity index (χ1v) is 6.38. The standard InChI is InChI=1S/C14H15F2N3O2/c1-7-12(8(2)19-14(21)18-7)13(20)17-6-9-3-10(15)5-11(16)4-9/h3-5,7H,6H2,1-2H3,(H,17,20)(H2,18,19,21)/t7-/m1/s1. The number of allylic oxidation sites excluding steroid dienone is 1. The van der Waals surface area contributed by atoms with Crippen molar-refractivity contribution in [2.45, 2.75) is 26.4 Å². The van der Waals surface area contributed by atoms with E-state index in [2.05, 4.69) is 16.0 Å². The zero-order chi connectivity index (χ0) is 15.6.